The first-order valence-corrected chi connectivity index (χ1v) is 5.62. The molecule has 1 rings (SSSR count). The van der Waals surface area contributed by atoms with Crippen LogP contribution in [0.3, 0.4) is 0 Å². The lowest BCUT2D eigenvalue weighted by Gasteiger charge is -1.93. The van der Waals surface area contributed by atoms with E-state index in [4.69, 9.17) is 0 Å². The van der Waals surface area contributed by atoms with Crippen molar-refractivity contribution in [3.63, 3.8) is 0 Å². The first-order valence-electron chi connectivity index (χ1n) is 5.62. The topological polar surface area (TPSA) is 0 Å². The number of allylic oxidation sites excluding steroid dienone is 4. The van der Waals surface area contributed by atoms with Gasteiger partial charge >= 0.3 is 0 Å². The highest BCUT2D eigenvalue weighted by Gasteiger charge is 1.88. The summed E-state index contributed by atoms with van der Waals surface area (Å²) in [6.07, 6.45) is 22.0. The molecule has 0 spiro atoms. The molecule has 0 bridgehead atoms. The molecule has 0 saturated carbocycles. The smallest absolute Gasteiger partial charge is 0.0319 e. The van der Waals surface area contributed by atoms with E-state index in [0.717, 1.165) is 0 Å². The van der Waals surface area contributed by atoms with Gasteiger partial charge in [-0.05, 0) is 57.8 Å². The van der Waals surface area contributed by atoms with Crippen LogP contribution in [0.1, 0.15) is 51.4 Å². The van der Waals surface area contributed by atoms with Gasteiger partial charge in [-0.3, -0.25) is 0 Å². The molecule has 0 heteroatoms. The quantitative estimate of drug-likeness (QED) is 0.480. The lowest BCUT2D eigenvalue weighted by Crippen LogP contribution is -1.75. The zero-order valence-electron chi connectivity index (χ0n) is 8.54. The van der Waals surface area contributed by atoms with Crippen molar-refractivity contribution in [1.82, 2.24) is 0 Å². The van der Waals surface area contributed by atoms with Crippen LogP contribution in [0, 0.1) is 6.42 Å². The van der Waals surface area contributed by atoms with Crippen LogP contribution in [0.4, 0.5) is 0 Å². The van der Waals surface area contributed by atoms with E-state index in [1.54, 1.807) is 0 Å². The molecule has 13 heavy (non-hydrogen) atoms. The number of hydrogen-bond acceptors (Lipinski definition) is 0. The second kappa shape index (κ2) is 8.10. The van der Waals surface area contributed by atoms with Crippen molar-refractivity contribution in [3.8, 4) is 0 Å². The Labute approximate surface area is 82.7 Å². The maximum absolute atomic E-state index is 2.39. The van der Waals surface area contributed by atoms with Crippen molar-refractivity contribution in [2.75, 3.05) is 0 Å². The second-order valence-electron chi connectivity index (χ2n) is 3.68. The Morgan fingerprint density at radius 3 is 1.92 bits per heavy atom. The van der Waals surface area contributed by atoms with Crippen molar-refractivity contribution in [2.24, 2.45) is 0 Å². The number of rotatable bonds is 0. The van der Waals surface area contributed by atoms with Gasteiger partial charge in [-0.25, -0.2) is 0 Å². The average Bonchev–Trinajstić information content (AvgIpc) is 2.18. The number of hydrogen-bond donors (Lipinski definition) is 0. The van der Waals surface area contributed by atoms with Crippen LogP contribution >= 0.6 is 0 Å². The van der Waals surface area contributed by atoms with E-state index in [1.807, 2.05) is 0 Å². The molecule has 0 unspecified atom stereocenters. The largest absolute Gasteiger partial charge is 0.0885 e. The van der Waals surface area contributed by atoms with Gasteiger partial charge in [-0.15, -0.1) is 0 Å². The summed E-state index contributed by atoms with van der Waals surface area (Å²) < 4.78 is 0. The van der Waals surface area contributed by atoms with Crippen molar-refractivity contribution < 1.29 is 0 Å². The van der Waals surface area contributed by atoms with Crippen molar-refractivity contribution >= 4 is 0 Å². The van der Waals surface area contributed by atoms with Gasteiger partial charge < -0.3 is 0 Å². The molecule has 0 fully saturated rings. The molecule has 0 aromatic heterocycles. The lowest BCUT2D eigenvalue weighted by atomic mass is 10.1. The highest BCUT2D eigenvalue weighted by atomic mass is 13.9. The molecule has 0 saturated heterocycles. The van der Waals surface area contributed by atoms with Gasteiger partial charge in [0.2, 0.25) is 0 Å². The fraction of sp³-hybridized carbons (Fsp3) is 0.615. The fourth-order valence-electron chi connectivity index (χ4n) is 1.57. The minimum absolute atomic E-state index is 1.17. The Morgan fingerprint density at radius 2 is 1.15 bits per heavy atom. The monoisotopic (exact) mass is 177 g/mol. The van der Waals surface area contributed by atoms with Gasteiger partial charge in [0.1, 0.15) is 0 Å². The predicted octanol–water partition coefficient (Wildman–Crippen LogP) is 4.44. The zero-order valence-corrected chi connectivity index (χ0v) is 8.54. The van der Waals surface area contributed by atoms with E-state index in [0.29, 0.717) is 0 Å². The summed E-state index contributed by atoms with van der Waals surface area (Å²) in [5.74, 6) is 0. The van der Waals surface area contributed by atoms with Gasteiger partial charge in [-0.2, -0.15) is 0 Å². The van der Waals surface area contributed by atoms with E-state index in [-0.39, 0.29) is 0 Å². The maximum Gasteiger partial charge on any atom is -0.0319 e. The molecule has 0 heterocycles. The molecule has 1 radical (unpaired) electrons. The molecule has 0 aliphatic heterocycles. The Morgan fingerprint density at radius 1 is 0.538 bits per heavy atom. The first kappa shape index (κ1) is 10.6. The van der Waals surface area contributed by atoms with Crippen LogP contribution in [0.25, 0.3) is 0 Å². The SMILES string of the molecule is [CH]1C/C=C\CCCC/C=C\CCC1. The third kappa shape index (κ3) is 6.62. The third-order valence-corrected chi connectivity index (χ3v) is 2.41. The van der Waals surface area contributed by atoms with E-state index in [9.17, 15) is 0 Å². The van der Waals surface area contributed by atoms with Gasteiger partial charge in [-0.1, -0.05) is 24.3 Å². The molecule has 0 amide bonds. The van der Waals surface area contributed by atoms with E-state index in [1.165, 1.54) is 51.4 Å². The van der Waals surface area contributed by atoms with Crippen LogP contribution in [-0.4, -0.2) is 0 Å². The standard InChI is InChI=1S/C13H21/c1-2-4-6-8-10-12-13-11-9-7-5-3-1/h1-2,5,12-13H,3-4,6-11H2/b2-1-,13-12-. The van der Waals surface area contributed by atoms with Crippen LogP contribution in [0.5, 0.6) is 0 Å². The van der Waals surface area contributed by atoms with Crippen LogP contribution in [-0.2, 0) is 0 Å². The van der Waals surface area contributed by atoms with Gasteiger partial charge in [0.25, 0.3) is 0 Å². The van der Waals surface area contributed by atoms with Crippen LogP contribution in [0.2, 0.25) is 0 Å². The highest BCUT2D eigenvalue weighted by molar-refractivity contribution is 4.89. The third-order valence-electron chi connectivity index (χ3n) is 2.41. The molecule has 0 aromatic rings. The van der Waals surface area contributed by atoms with Crippen molar-refractivity contribution in [2.45, 2.75) is 51.4 Å². The van der Waals surface area contributed by atoms with E-state index >= 15 is 0 Å². The molecule has 1 aliphatic carbocycles. The summed E-state index contributed by atoms with van der Waals surface area (Å²) in [5, 5.41) is 0. The summed E-state index contributed by atoms with van der Waals surface area (Å²) in [7, 11) is 0. The van der Waals surface area contributed by atoms with Crippen molar-refractivity contribution in [1.29, 1.82) is 0 Å². The van der Waals surface area contributed by atoms with E-state index in [2.05, 4.69) is 30.7 Å². The average molecular weight is 177 g/mol. The van der Waals surface area contributed by atoms with Gasteiger partial charge in [0.15, 0.2) is 0 Å². The van der Waals surface area contributed by atoms with E-state index < -0.39 is 0 Å². The first-order chi connectivity index (χ1) is 6.50. The second-order valence-corrected chi connectivity index (χ2v) is 3.68. The Bertz CT molecular complexity index is 135. The van der Waals surface area contributed by atoms with Gasteiger partial charge in [0, 0.05) is 0 Å². The summed E-state index contributed by atoms with van der Waals surface area (Å²) in [5.41, 5.74) is 0. The lowest BCUT2D eigenvalue weighted by molar-refractivity contribution is 0.759. The molecule has 0 aromatic carbocycles. The zero-order chi connectivity index (χ0) is 9.19. The van der Waals surface area contributed by atoms with Gasteiger partial charge in [0.05, 0.1) is 0 Å². The molecule has 0 N–H and O–H groups in total. The van der Waals surface area contributed by atoms with Crippen LogP contribution < -0.4 is 0 Å². The highest BCUT2D eigenvalue weighted by Crippen LogP contribution is 2.08. The molecule has 0 atom stereocenters. The molecule has 0 nitrogen and oxygen atoms in total. The molecular weight excluding hydrogens is 156 g/mol. The minimum Gasteiger partial charge on any atom is -0.0885 e. The molecule has 1 aliphatic rings. The molecule has 73 valence electrons. The fourth-order valence-corrected chi connectivity index (χ4v) is 1.57. The molecular formula is C13H21. The Kier molecular flexibility index (Phi) is 6.58. The summed E-state index contributed by atoms with van der Waals surface area (Å²) in [6, 6.07) is 0. The maximum atomic E-state index is 2.39. The predicted molar refractivity (Wildman–Crippen MR) is 59.5 cm³/mol. The van der Waals surface area contributed by atoms with Crippen LogP contribution in [0.15, 0.2) is 24.3 Å². The summed E-state index contributed by atoms with van der Waals surface area (Å²) >= 11 is 0. The Hall–Kier alpha value is -0.520. The van der Waals surface area contributed by atoms with Crippen molar-refractivity contribution in [3.05, 3.63) is 30.7 Å². The normalized spacial score (nSPS) is 26.5. The summed E-state index contributed by atoms with van der Waals surface area (Å²) in [4.78, 5) is 0. The minimum atomic E-state index is 1.17. The summed E-state index contributed by atoms with van der Waals surface area (Å²) in [6.45, 7) is 0. The Balaban J connectivity index is 2.18.